The molecule has 0 unspecified atom stereocenters. The third-order valence-corrected chi connectivity index (χ3v) is 5.45. The van der Waals surface area contributed by atoms with Crippen LogP contribution in [0.15, 0.2) is 46.9 Å². The van der Waals surface area contributed by atoms with Gasteiger partial charge in [-0.1, -0.05) is 17.7 Å². The highest BCUT2D eigenvalue weighted by Crippen LogP contribution is 2.40. The van der Waals surface area contributed by atoms with E-state index in [-0.39, 0.29) is 12.4 Å². The Kier molecular flexibility index (Phi) is 4.54. The number of rotatable bonds is 2. The fourth-order valence-corrected chi connectivity index (χ4v) is 3.84. The highest BCUT2D eigenvalue weighted by molar-refractivity contribution is 6.31. The number of aliphatic hydroxyl groups excluding tert-OH is 1. The van der Waals surface area contributed by atoms with Crippen LogP contribution >= 0.6 is 11.6 Å². The normalized spacial score (nSPS) is 22.0. The molecular weight excluding hydrogens is 354 g/mol. The monoisotopic (exact) mass is 373 g/mol. The van der Waals surface area contributed by atoms with Crippen LogP contribution < -0.4 is 4.90 Å². The van der Waals surface area contributed by atoms with E-state index in [0.29, 0.717) is 35.0 Å². The molecule has 0 saturated carbocycles. The minimum absolute atomic E-state index is 0.150. The Labute approximate surface area is 156 Å². The maximum atomic E-state index is 12.7. The van der Waals surface area contributed by atoms with Crippen molar-refractivity contribution in [2.75, 3.05) is 18.0 Å². The maximum Gasteiger partial charge on any atom is 0.166 e. The molecule has 4 rings (SSSR count). The van der Waals surface area contributed by atoms with E-state index in [4.69, 9.17) is 16.3 Å². The molecule has 1 N–H and O–H groups in total. The third kappa shape index (κ3) is 3.27. The van der Waals surface area contributed by atoms with Crippen molar-refractivity contribution in [1.82, 2.24) is 9.97 Å². The summed E-state index contributed by atoms with van der Waals surface area (Å²) in [7, 11) is 0. The predicted molar refractivity (Wildman–Crippen MR) is 97.6 cm³/mol. The number of nitrogens with zero attached hydrogens (tertiary/aromatic N) is 3. The van der Waals surface area contributed by atoms with Crippen LogP contribution in [0, 0.1) is 0 Å². The number of anilines is 1. The summed E-state index contributed by atoms with van der Waals surface area (Å²) in [6, 6.07) is 1.84. The van der Waals surface area contributed by atoms with Gasteiger partial charge in [-0.25, -0.2) is 9.97 Å². The van der Waals surface area contributed by atoms with Crippen molar-refractivity contribution in [1.29, 1.82) is 0 Å². The van der Waals surface area contributed by atoms with Crippen LogP contribution in [0.2, 0.25) is 0 Å². The highest BCUT2D eigenvalue weighted by Gasteiger charge is 2.43. The van der Waals surface area contributed by atoms with Gasteiger partial charge in [-0.2, -0.15) is 0 Å². The fraction of sp³-hybridized carbons (Fsp3) is 0.421. The molecule has 0 atom stereocenters. The first-order valence-electron chi connectivity index (χ1n) is 8.75. The number of hydrogen-bond acceptors (Lipinski definition) is 6. The molecule has 0 amide bonds. The van der Waals surface area contributed by atoms with E-state index in [9.17, 15) is 9.90 Å². The Morgan fingerprint density at radius 2 is 2.12 bits per heavy atom. The van der Waals surface area contributed by atoms with E-state index in [0.717, 1.165) is 31.7 Å². The number of piperidine rings is 1. The summed E-state index contributed by atoms with van der Waals surface area (Å²) in [5.74, 6) is 2.02. The second-order valence-electron chi connectivity index (χ2n) is 6.83. The van der Waals surface area contributed by atoms with Crippen molar-refractivity contribution in [3.63, 3.8) is 0 Å². The quantitative estimate of drug-likeness (QED) is 0.858. The number of hydrogen-bond donors (Lipinski definition) is 1. The van der Waals surface area contributed by atoms with Gasteiger partial charge in [0, 0.05) is 42.7 Å². The van der Waals surface area contributed by atoms with Gasteiger partial charge in [-0.3, -0.25) is 4.79 Å². The summed E-state index contributed by atoms with van der Waals surface area (Å²) >= 11 is 6.07. The first kappa shape index (κ1) is 17.2. The minimum Gasteiger partial charge on any atom is -0.486 e. The van der Waals surface area contributed by atoms with Crippen LogP contribution in [0.1, 0.15) is 31.5 Å². The van der Waals surface area contributed by atoms with Gasteiger partial charge in [-0.05, 0) is 24.6 Å². The van der Waals surface area contributed by atoms with Crippen LogP contribution in [0.4, 0.5) is 5.82 Å². The lowest BCUT2D eigenvalue weighted by molar-refractivity contribution is -0.126. The summed E-state index contributed by atoms with van der Waals surface area (Å²) in [4.78, 5) is 23.2. The molecule has 1 aromatic rings. The van der Waals surface area contributed by atoms with Gasteiger partial charge in [0.05, 0.1) is 6.42 Å². The third-order valence-electron chi connectivity index (χ3n) is 5.17. The summed E-state index contributed by atoms with van der Waals surface area (Å²) in [6.45, 7) is 1.30. The van der Waals surface area contributed by atoms with Gasteiger partial charge in [0.15, 0.2) is 11.6 Å². The molecule has 1 aromatic heterocycles. The number of aromatic nitrogens is 2. The summed E-state index contributed by atoms with van der Waals surface area (Å²) in [5.41, 5.74) is 0.258. The minimum atomic E-state index is -0.458. The Morgan fingerprint density at radius 3 is 2.88 bits per heavy atom. The van der Waals surface area contributed by atoms with Crippen LogP contribution in [-0.2, 0) is 16.1 Å². The fourth-order valence-electron chi connectivity index (χ4n) is 3.70. The molecule has 7 heteroatoms. The van der Waals surface area contributed by atoms with Gasteiger partial charge < -0.3 is 14.7 Å². The molecule has 1 spiro atoms. The van der Waals surface area contributed by atoms with Gasteiger partial charge in [0.1, 0.15) is 23.8 Å². The molecule has 1 fully saturated rings. The Bertz CT molecular complexity index is 823. The largest absolute Gasteiger partial charge is 0.486 e. The Morgan fingerprint density at radius 1 is 1.31 bits per heavy atom. The standard InChI is InChI=1S/C19H20ClN3O3/c20-13-1-3-14-15(25)11-19(26-16(14)4-2-13)6-9-23(10-7-19)18-5-8-21-17(12-24)22-18/h1-2,4-5,8,24H,3,6-7,9-12H2. The number of Topliss-reactive ketones (excluding diaryl/α,β-unsaturated/α-hetero) is 1. The zero-order valence-electron chi connectivity index (χ0n) is 14.3. The average Bonchev–Trinajstić information content (AvgIpc) is 2.84. The molecule has 0 radical (unpaired) electrons. The van der Waals surface area contributed by atoms with Crippen molar-refractivity contribution < 1.29 is 14.6 Å². The molecule has 0 aromatic carbocycles. The highest BCUT2D eigenvalue weighted by atomic mass is 35.5. The number of ketones is 1. The summed E-state index contributed by atoms with van der Waals surface area (Å²) < 4.78 is 6.33. The van der Waals surface area contributed by atoms with Crippen LogP contribution in [0.3, 0.4) is 0 Å². The maximum absolute atomic E-state index is 12.7. The number of halogens is 1. The van der Waals surface area contributed by atoms with E-state index in [2.05, 4.69) is 14.9 Å². The van der Waals surface area contributed by atoms with E-state index in [1.54, 1.807) is 12.3 Å². The van der Waals surface area contributed by atoms with Crippen molar-refractivity contribution in [3.05, 3.63) is 52.7 Å². The number of allylic oxidation sites excluding steroid dienone is 5. The van der Waals surface area contributed by atoms with Crippen molar-refractivity contribution in [3.8, 4) is 0 Å². The second-order valence-corrected chi connectivity index (χ2v) is 7.27. The van der Waals surface area contributed by atoms with Gasteiger partial charge >= 0.3 is 0 Å². The number of carbonyl (C=O) groups is 1. The molecule has 136 valence electrons. The number of carbonyl (C=O) groups excluding carboxylic acids is 1. The molecule has 26 heavy (non-hydrogen) atoms. The number of aliphatic hydroxyl groups is 1. The SMILES string of the molecule is O=C1CC2(CCN(c3ccnc(CO)n3)CC2)OC2=C1CC=C(Cl)C=C2. The average molecular weight is 374 g/mol. The van der Waals surface area contributed by atoms with Crippen molar-refractivity contribution >= 4 is 23.2 Å². The Hall–Kier alpha value is -2.18. The number of ether oxygens (including phenoxy) is 1. The molecule has 6 nitrogen and oxygen atoms in total. The van der Waals surface area contributed by atoms with Gasteiger partial charge in [0.2, 0.25) is 0 Å². The van der Waals surface area contributed by atoms with E-state index in [1.165, 1.54) is 0 Å². The molecule has 3 heterocycles. The first-order valence-corrected chi connectivity index (χ1v) is 9.13. The van der Waals surface area contributed by atoms with E-state index in [1.807, 2.05) is 18.2 Å². The summed E-state index contributed by atoms with van der Waals surface area (Å²) in [5, 5.41) is 9.84. The molecule has 1 saturated heterocycles. The lowest BCUT2D eigenvalue weighted by Crippen LogP contribution is -2.49. The zero-order chi connectivity index (χ0) is 18.1. The van der Waals surface area contributed by atoms with Crippen molar-refractivity contribution in [2.45, 2.75) is 37.9 Å². The van der Waals surface area contributed by atoms with E-state index >= 15 is 0 Å². The lowest BCUT2D eigenvalue weighted by Gasteiger charge is -2.44. The Balaban J connectivity index is 1.50. The smallest absolute Gasteiger partial charge is 0.166 e. The van der Waals surface area contributed by atoms with Crippen molar-refractivity contribution in [2.24, 2.45) is 0 Å². The molecule has 1 aliphatic carbocycles. The molecule has 3 aliphatic rings. The van der Waals surface area contributed by atoms with E-state index < -0.39 is 5.60 Å². The van der Waals surface area contributed by atoms with Crippen LogP contribution in [0.5, 0.6) is 0 Å². The topological polar surface area (TPSA) is 75.6 Å². The molecular formula is C19H20ClN3O3. The predicted octanol–water partition coefficient (Wildman–Crippen LogP) is 2.63. The second kappa shape index (κ2) is 6.85. The van der Waals surface area contributed by atoms with Gasteiger partial charge in [0.25, 0.3) is 0 Å². The zero-order valence-corrected chi connectivity index (χ0v) is 15.1. The first-order chi connectivity index (χ1) is 12.6. The molecule has 0 bridgehead atoms. The summed E-state index contributed by atoms with van der Waals surface area (Å²) in [6.07, 6.45) is 9.50. The van der Waals surface area contributed by atoms with Gasteiger partial charge in [-0.15, -0.1) is 0 Å². The molecule has 2 aliphatic heterocycles. The lowest BCUT2D eigenvalue weighted by atomic mass is 9.82. The van der Waals surface area contributed by atoms with Crippen LogP contribution in [-0.4, -0.2) is 39.5 Å². The van der Waals surface area contributed by atoms with Crippen LogP contribution in [0.25, 0.3) is 0 Å².